The fraction of sp³-hybridized carbons (Fsp3) is 1.00. The van der Waals surface area contributed by atoms with Gasteiger partial charge in [0.2, 0.25) is 0 Å². The van der Waals surface area contributed by atoms with Crippen molar-refractivity contribution in [1.29, 1.82) is 0 Å². The largest absolute Gasteiger partial charge is 0.317 e. The van der Waals surface area contributed by atoms with Crippen molar-refractivity contribution >= 4 is 0 Å². The molecule has 66 valence electrons. The van der Waals surface area contributed by atoms with E-state index in [1.54, 1.807) is 0 Å². The van der Waals surface area contributed by atoms with E-state index < -0.39 is 0 Å². The van der Waals surface area contributed by atoms with Gasteiger partial charge in [0.25, 0.3) is 0 Å². The number of rotatable bonds is 2. The van der Waals surface area contributed by atoms with Crippen LogP contribution in [-0.4, -0.2) is 22.5 Å². The molecule has 1 rings (SSSR count). The second-order valence-electron chi connectivity index (χ2n) is 3.46. The molecule has 0 radical (unpaired) electrons. The fourth-order valence-corrected chi connectivity index (χ4v) is 1.81. The highest BCUT2D eigenvalue weighted by Gasteiger charge is 2.25. The average Bonchev–Trinajstić information content (AvgIpc) is 2.03. The van der Waals surface area contributed by atoms with Crippen LogP contribution >= 0.6 is 0 Å². The van der Waals surface area contributed by atoms with Gasteiger partial charge >= 0.3 is 0 Å². The molecule has 0 bridgehead atoms. The summed E-state index contributed by atoms with van der Waals surface area (Å²) in [6, 6.07) is 0.256. The Morgan fingerprint density at radius 3 is 1.82 bits per heavy atom. The van der Waals surface area contributed by atoms with Crippen molar-refractivity contribution in [2.24, 2.45) is 5.92 Å². The summed E-state index contributed by atoms with van der Waals surface area (Å²) in [6.07, 6.45) is 2.75. The molecular weight excluding hydrogens is 144 g/mol. The lowest BCUT2D eigenvalue weighted by Gasteiger charge is -2.31. The minimum atomic E-state index is 0.128. The normalized spacial score (nSPS) is 39.0. The molecular formula is C7H16N2O2. The van der Waals surface area contributed by atoms with Crippen molar-refractivity contribution < 1.29 is 10.4 Å². The SMILES string of the molecule is CC1CC(NO)CC(NO)C1. The third-order valence-corrected chi connectivity index (χ3v) is 2.31. The molecule has 1 fully saturated rings. The molecule has 11 heavy (non-hydrogen) atoms. The van der Waals surface area contributed by atoms with Gasteiger partial charge in [-0.3, -0.25) is 0 Å². The van der Waals surface area contributed by atoms with Gasteiger partial charge in [0, 0.05) is 12.1 Å². The smallest absolute Gasteiger partial charge is 0.0337 e. The van der Waals surface area contributed by atoms with E-state index in [2.05, 4.69) is 17.9 Å². The molecule has 1 saturated carbocycles. The maximum absolute atomic E-state index is 8.66. The third-order valence-electron chi connectivity index (χ3n) is 2.31. The van der Waals surface area contributed by atoms with E-state index in [4.69, 9.17) is 10.4 Å². The van der Waals surface area contributed by atoms with Crippen molar-refractivity contribution in [3.05, 3.63) is 0 Å². The Hall–Kier alpha value is -0.160. The summed E-state index contributed by atoms with van der Waals surface area (Å²) >= 11 is 0. The zero-order chi connectivity index (χ0) is 8.27. The Balaban J connectivity index is 2.37. The van der Waals surface area contributed by atoms with Crippen molar-refractivity contribution in [2.45, 2.75) is 38.3 Å². The Bertz CT molecular complexity index is 109. The first-order chi connectivity index (χ1) is 5.26. The summed E-state index contributed by atoms with van der Waals surface area (Å²) in [4.78, 5) is 0. The minimum absolute atomic E-state index is 0.128. The van der Waals surface area contributed by atoms with Crippen LogP contribution in [0.2, 0.25) is 0 Å². The number of nitrogens with one attached hydrogen (secondary N) is 2. The first kappa shape index (κ1) is 8.93. The molecule has 0 aromatic carbocycles. The van der Waals surface area contributed by atoms with Crippen LogP contribution < -0.4 is 11.0 Å². The van der Waals surface area contributed by atoms with E-state index in [1.807, 2.05) is 0 Å². The van der Waals surface area contributed by atoms with E-state index in [0.29, 0.717) is 5.92 Å². The van der Waals surface area contributed by atoms with E-state index >= 15 is 0 Å². The van der Waals surface area contributed by atoms with Gasteiger partial charge in [0.05, 0.1) is 0 Å². The predicted molar refractivity (Wildman–Crippen MR) is 40.4 cm³/mol. The van der Waals surface area contributed by atoms with Crippen LogP contribution in [0.25, 0.3) is 0 Å². The zero-order valence-electron chi connectivity index (χ0n) is 6.75. The third kappa shape index (κ3) is 2.41. The quantitative estimate of drug-likeness (QED) is 0.444. The van der Waals surface area contributed by atoms with Crippen LogP contribution in [0.5, 0.6) is 0 Å². The summed E-state index contributed by atoms with van der Waals surface area (Å²) in [5, 5.41) is 17.3. The first-order valence-electron chi connectivity index (χ1n) is 4.05. The number of hydrogen-bond donors (Lipinski definition) is 4. The summed E-state index contributed by atoms with van der Waals surface area (Å²) in [6.45, 7) is 2.12. The Morgan fingerprint density at radius 2 is 1.45 bits per heavy atom. The van der Waals surface area contributed by atoms with Gasteiger partial charge in [0.1, 0.15) is 0 Å². The lowest BCUT2D eigenvalue weighted by molar-refractivity contribution is 0.0453. The van der Waals surface area contributed by atoms with E-state index in [-0.39, 0.29) is 12.1 Å². The molecule has 2 atom stereocenters. The van der Waals surface area contributed by atoms with Gasteiger partial charge in [-0.25, -0.2) is 11.0 Å². The zero-order valence-corrected chi connectivity index (χ0v) is 6.75. The fourth-order valence-electron chi connectivity index (χ4n) is 1.81. The standard InChI is InChI=1S/C7H16N2O2/c1-5-2-6(8-10)4-7(3-5)9-11/h5-11H,2-4H2,1H3. The number of hydroxylamine groups is 2. The summed E-state index contributed by atoms with van der Waals surface area (Å²) < 4.78 is 0. The van der Waals surface area contributed by atoms with Crippen molar-refractivity contribution in [3.63, 3.8) is 0 Å². The molecule has 0 heterocycles. The van der Waals surface area contributed by atoms with Crippen molar-refractivity contribution in [2.75, 3.05) is 0 Å². The maximum atomic E-state index is 8.66. The predicted octanol–water partition coefficient (Wildman–Crippen LogP) is 0.501. The second-order valence-corrected chi connectivity index (χ2v) is 3.46. The molecule has 4 heteroatoms. The molecule has 0 spiro atoms. The summed E-state index contributed by atoms with van der Waals surface area (Å²) in [5.41, 5.74) is 4.50. The van der Waals surface area contributed by atoms with Gasteiger partial charge < -0.3 is 10.4 Å². The van der Waals surface area contributed by atoms with Crippen LogP contribution in [0.3, 0.4) is 0 Å². The van der Waals surface area contributed by atoms with Gasteiger partial charge in [0.15, 0.2) is 0 Å². The average molecular weight is 160 g/mol. The van der Waals surface area contributed by atoms with Crippen molar-refractivity contribution in [1.82, 2.24) is 11.0 Å². The monoisotopic (exact) mass is 160 g/mol. The van der Waals surface area contributed by atoms with E-state index in [0.717, 1.165) is 19.3 Å². The highest BCUT2D eigenvalue weighted by molar-refractivity contribution is 4.81. The lowest BCUT2D eigenvalue weighted by Crippen LogP contribution is -2.42. The van der Waals surface area contributed by atoms with Crippen LogP contribution in [0, 0.1) is 5.92 Å². The minimum Gasteiger partial charge on any atom is -0.317 e. The number of hydrogen-bond acceptors (Lipinski definition) is 4. The summed E-state index contributed by atoms with van der Waals surface area (Å²) in [5.74, 6) is 0.554. The Morgan fingerprint density at radius 1 is 1.00 bits per heavy atom. The maximum Gasteiger partial charge on any atom is 0.0337 e. The van der Waals surface area contributed by atoms with Crippen LogP contribution in [0.4, 0.5) is 0 Å². The molecule has 2 unspecified atom stereocenters. The van der Waals surface area contributed by atoms with E-state index in [1.165, 1.54) is 0 Å². The van der Waals surface area contributed by atoms with Crippen LogP contribution in [0.15, 0.2) is 0 Å². The molecule has 4 nitrogen and oxygen atoms in total. The van der Waals surface area contributed by atoms with Crippen LogP contribution in [-0.2, 0) is 0 Å². The molecule has 4 N–H and O–H groups in total. The molecule has 1 aliphatic rings. The molecule has 0 saturated heterocycles. The van der Waals surface area contributed by atoms with E-state index in [9.17, 15) is 0 Å². The molecule has 0 aromatic heterocycles. The Kier molecular flexibility index (Phi) is 3.26. The lowest BCUT2D eigenvalue weighted by atomic mass is 9.84. The van der Waals surface area contributed by atoms with Gasteiger partial charge in [-0.15, -0.1) is 0 Å². The van der Waals surface area contributed by atoms with Gasteiger partial charge in [-0.05, 0) is 25.2 Å². The molecule has 0 aromatic rings. The molecule has 0 aliphatic heterocycles. The van der Waals surface area contributed by atoms with Gasteiger partial charge in [-0.2, -0.15) is 0 Å². The second kappa shape index (κ2) is 4.01. The highest BCUT2D eigenvalue weighted by Crippen LogP contribution is 2.23. The summed E-state index contributed by atoms with van der Waals surface area (Å²) in [7, 11) is 0. The first-order valence-corrected chi connectivity index (χ1v) is 4.05. The van der Waals surface area contributed by atoms with Crippen LogP contribution in [0.1, 0.15) is 26.2 Å². The van der Waals surface area contributed by atoms with Crippen molar-refractivity contribution in [3.8, 4) is 0 Å². The molecule has 0 amide bonds. The highest BCUT2D eigenvalue weighted by atomic mass is 16.5. The van der Waals surface area contributed by atoms with Gasteiger partial charge in [-0.1, -0.05) is 6.92 Å². The Labute approximate surface area is 66.5 Å². The molecule has 1 aliphatic carbocycles. The topological polar surface area (TPSA) is 64.5 Å².